The van der Waals surface area contributed by atoms with Crippen LogP contribution in [0, 0.1) is 5.41 Å². The molecule has 1 aromatic heterocycles. The van der Waals surface area contributed by atoms with Crippen LogP contribution in [0.2, 0.25) is 0 Å². The Hall–Kier alpha value is -3.48. The standard InChI is InChI=1S/C23H25N5O2/c1-30-20-8-4-3-7-18(20)28-14-19(29)21(22(28)24)23-25-16-10-9-15(13-17(16)26-23)27-11-5-2-6-12-27/h3-4,7-10,13,24,29H,2,5-6,11-12,14H2,1H3,(H,25,26). The summed E-state index contributed by atoms with van der Waals surface area (Å²) in [5.41, 5.74) is 4.10. The molecule has 0 spiro atoms. The number of aliphatic hydroxyl groups is 1. The molecule has 3 aromatic rings. The molecule has 3 heterocycles. The van der Waals surface area contributed by atoms with Crippen molar-refractivity contribution in [1.29, 1.82) is 5.41 Å². The minimum Gasteiger partial charge on any atom is -0.509 e. The predicted molar refractivity (Wildman–Crippen MR) is 120 cm³/mol. The largest absolute Gasteiger partial charge is 0.509 e. The molecule has 7 nitrogen and oxygen atoms in total. The van der Waals surface area contributed by atoms with Crippen LogP contribution in [0.5, 0.6) is 5.75 Å². The van der Waals surface area contributed by atoms with Gasteiger partial charge in [0.1, 0.15) is 23.2 Å². The number of fused-ring (bicyclic) bond motifs is 1. The van der Waals surface area contributed by atoms with E-state index in [0.717, 1.165) is 29.8 Å². The van der Waals surface area contributed by atoms with E-state index in [2.05, 4.69) is 27.0 Å². The van der Waals surface area contributed by atoms with Gasteiger partial charge in [0.25, 0.3) is 0 Å². The van der Waals surface area contributed by atoms with Crippen molar-refractivity contribution in [2.75, 3.05) is 36.5 Å². The molecule has 0 atom stereocenters. The number of aliphatic hydroxyl groups excluding tert-OH is 1. The summed E-state index contributed by atoms with van der Waals surface area (Å²) in [6.07, 6.45) is 3.75. The number of H-pyrrole nitrogens is 1. The molecule has 1 saturated heterocycles. The summed E-state index contributed by atoms with van der Waals surface area (Å²) in [5, 5.41) is 19.4. The van der Waals surface area contributed by atoms with Crippen molar-refractivity contribution < 1.29 is 9.84 Å². The fraction of sp³-hybridized carbons (Fsp3) is 0.304. The van der Waals surface area contributed by atoms with Crippen LogP contribution in [-0.2, 0) is 0 Å². The second-order valence-corrected chi connectivity index (χ2v) is 7.76. The topological polar surface area (TPSA) is 88.5 Å². The van der Waals surface area contributed by atoms with Gasteiger partial charge in [-0.05, 0) is 49.6 Å². The third kappa shape index (κ3) is 3.07. The van der Waals surface area contributed by atoms with Gasteiger partial charge in [0.2, 0.25) is 0 Å². The molecular weight excluding hydrogens is 378 g/mol. The summed E-state index contributed by atoms with van der Waals surface area (Å²) in [5.74, 6) is 1.50. The highest BCUT2D eigenvalue weighted by Crippen LogP contribution is 2.36. The molecule has 154 valence electrons. The van der Waals surface area contributed by atoms with Gasteiger partial charge in [0.15, 0.2) is 0 Å². The number of imidazole rings is 1. The Balaban J connectivity index is 1.47. The first kappa shape index (κ1) is 18.5. The number of methoxy groups -OCH3 is 1. The highest BCUT2D eigenvalue weighted by molar-refractivity contribution is 6.30. The fourth-order valence-electron chi connectivity index (χ4n) is 4.35. The van der Waals surface area contributed by atoms with Gasteiger partial charge < -0.3 is 24.6 Å². The van der Waals surface area contributed by atoms with Crippen LogP contribution in [-0.4, -0.2) is 47.7 Å². The zero-order valence-corrected chi connectivity index (χ0v) is 17.0. The predicted octanol–water partition coefficient (Wildman–Crippen LogP) is 4.33. The number of benzene rings is 2. The number of amidine groups is 1. The number of anilines is 2. The van der Waals surface area contributed by atoms with Crippen LogP contribution < -0.4 is 14.5 Å². The van der Waals surface area contributed by atoms with Crippen LogP contribution in [0.3, 0.4) is 0 Å². The van der Waals surface area contributed by atoms with E-state index in [-0.39, 0.29) is 18.1 Å². The van der Waals surface area contributed by atoms with Crippen LogP contribution in [0.1, 0.15) is 25.1 Å². The second-order valence-electron chi connectivity index (χ2n) is 7.76. The smallest absolute Gasteiger partial charge is 0.145 e. The Labute approximate surface area is 175 Å². The molecule has 30 heavy (non-hydrogen) atoms. The number of ether oxygens (including phenoxy) is 1. The van der Waals surface area contributed by atoms with Crippen molar-refractivity contribution >= 4 is 33.8 Å². The average molecular weight is 403 g/mol. The van der Waals surface area contributed by atoms with Gasteiger partial charge in [-0.25, -0.2) is 4.98 Å². The van der Waals surface area contributed by atoms with Gasteiger partial charge in [0.05, 0.1) is 35.9 Å². The van der Waals surface area contributed by atoms with Crippen molar-refractivity contribution in [2.45, 2.75) is 19.3 Å². The quantitative estimate of drug-likeness (QED) is 0.603. The Morgan fingerprint density at radius 2 is 1.90 bits per heavy atom. The molecule has 0 radical (unpaired) electrons. The van der Waals surface area contributed by atoms with E-state index in [1.54, 1.807) is 12.0 Å². The number of piperidine rings is 1. The minimum atomic E-state index is 0.126. The molecule has 0 aliphatic carbocycles. The van der Waals surface area contributed by atoms with E-state index in [4.69, 9.17) is 10.1 Å². The zero-order valence-electron chi connectivity index (χ0n) is 17.0. The van der Waals surface area contributed by atoms with E-state index in [1.165, 1.54) is 24.9 Å². The molecule has 7 heteroatoms. The fourth-order valence-corrected chi connectivity index (χ4v) is 4.35. The number of nitrogens with zero attached hydrogens (tertiary/aromatic N) is 3. The molecule has 2 aliphatic heterocycles. The lowest BCUT2D eigenvalue weighted by Crippen LogP contribution is -2.29. The Bertz CT molecular complexity index is 1140. The summed E-state index contributed by atoms with van der Waals surface area (Å²) < 4.78 is 5.43. The number of nitrogens with one attached hydrogen (secondary N) is 2. The maximum atomic E-state index is 10.7. The van der Waals surface area contributed by atoms with Crippen molar-refractivity contribution in [3.05, 3.63) is 54.0 Å². The first-order valence-corrected chi connectivity index (χ1v) is 10.3. The molecule has 0 bridgehead atoms. The maximum absolute atomic E-state index is 10.7. The number of aromatic nitrogens is 2. The molecule has 0 unspecified atom stereocenters. The highest BCUT2D eigenvalue weighted by Gasteiger charge is 2.32. The third-order valence-corrected chi connectivity index (χ3v) is 5.90. The number of hydrogen-bond acceptors (Lipinski definition) is 5. The van der Waals surface area contributed by atoms with Crippen molar-refractivity contribution in [2.24, 2.45) is 0 Å². The zero-order chi connectivity index (χ0) is 20.7. The molecule has 5 rings (SSSR count). The van der Waals surface area contributed by atoms with Gasteiger partial charge in [-0.3, -0.25) is 5.41 Å². The number of para-hydroxylation sites is 2. The number of hydrogen-bond donors (Lipinski definition) is 3. The molecule has 1 fully saturated rings. The van der Waals surface area contributed by atoms with Crippen molar-refractivity contribution in [3.63, 3.8) is 0 Å². The van der Waals surface area contributed by atoms with Crippen molar-refractivity contribution in [1.82, 2.24) is 9.97 Å². The Morgan fingerprint density at radius 1 is 1.10 bits per heavy atom. The molecule has 2 aromatic carbocycles. The monoisotopic (exact) mass is 403 g/mol. The SMILES string of the molecule is COc1ccccc1N1CC(O)=C(c2nc3ccc(N4CCCCC4)cc3[nH]2)C1=N. The number of aromatic amines is 1. The second kappa shape index (κ2) is 7.40. The first-order chi connectivity index (χ1) is 14.7. The van der Waals surface area contributed by atoms with Crippen LogP contribution in [0.25, 0.3) is 16.6 Å². The van der Waals surface area contributed by atoms with E-state index in [9.17, 15) is 5.11 Å². The lowest BCUT2D eigenvalue weighted by Gasteiger charge is -2.28. The van der Waals surface area contributed by atoms with Gasteiger partial charge in [-0.1, -0.05) is 12.1 Å². The van der Waals surface area contributed by atoms with E-state index in [1.807, 2.05) is 30.3 Å². The van der Waals surface area contributed by atoms with Crippen LogP contribution in [0.15, 0.2) is 48.2 Å². The molecule has 3 N–H and O–H groups in total. The van der Waals surface area contributed by atoms with Gasteiger partial charge in [0, 0.05) is 18.8 Å². The maximum Gasteiger partial charge on any atom is 0.145 e. The Kier molecular flexibility index (Phi) is 4.58. The Morgan fingerprint density at radius 3 is 2.70 bits per heavy atom. The summed E-state index contributed by atoms with van der Waals surface area (Å²) in [4.78, 5) is 12.1. The summed E-state index contributed by atoms with van der Waals surface area (Å²) in [6.45, 7) is 2.37. The average Bonchev–Trinajstić information content (AvgIpc) is 3.33. The highest BCUT2D eigenvalue weighted by atomic mass is 16.5. The lowest BCUT2D eigenvalue weighted by atomic mass is 10.1. The molecular formula is C23H25N5O2. The van der Waals surface area contributed by atoms with Crippen LogP contribution in [0.4, 0.5) is 11.4 Å². The third-order valence-electron chi connectivity index (χ3n) is 5.90. The van der Waals surface area contributed by atoms with E-state index < -0.39 is 0 Å². The lowest BCUT2D eigenvalue weighted by molar-refractivity contribution is 0.406. The van der Waals surface area contributed by atoms with Gasteiger partial charge in [-0.2, -0.15) is 0 Å². The first-order valence-electron chi connectivity index (χ1n) is 10.3. The van der Waals surface area contributed by atoms with E-state index in [0.29, 0.717) is 17.1 Å². The number of rotatable bonds is 4. The summed E-state index contributed by atoms with van der Waals surface area (Å²) >= 11 is 0. The van der Waals surface area contributed by atoms with E-state index >= 15 is 0 Å². The molecule has 0 saturated carbocycles. The molecule has 0 amide bonds. The molecule has 2 aliphatic rings. The summed E-state index contributed by atoms with van der Waals surface area (Å²) in [6, 6.07) is 13.7. The van der Waals surface area contributed by atoms with Gasteiger partial charge >= 0.3 is 0 Å². The van der Waals surface area contributed by atoms with Crippen molar-refractivity contribution in [3.8, 4) is 5.75 Å². The normalized spacial score (nSPS) is 17.3. The van der Waals surface area contributed by atoms with Gasteiger partial charge in [-0.15, -0.1) is 0 Å². The summed E-state index contributed by atoms with van der Waals surface area (Å²) in [7, 11) is 1.60. The minimum absolute atomic E-state index is 0.126. The van der Waals surface area contributed by atoms with Crippen LogP contribution >= 0.6 is 0 Å².